The Bertz CT molecular complexity index is 971. The zero-order valence-electron chi connectivity index (χ0n) is 18.1. The molecule has 4 rings (SSSR count). The SMILES string of the molecule is CN(CCC(=O)O)C(=O)[C@H](CC1CC1)NC(=O)OCC1c2ccccc2-c2ccccc21. The first-order valence-electron chi connectivity index (χ1n) is 11.0. The number of aliphatic carboxylic acids is 1. The van der Waals surface area contributed by atoms with Crippen molar-refractivity contribution in [1.29, 1.82) is 0 Å². The van der Waals surface area contributed by atoms with E-state index in [4.69, 9.17) is 9.84 Å². The number of benzene rings is 2. The number of rotatable bonds is 9. The molecule has 1 saturated carbocycles. The van der Waals surface area contributed by atoms with E-state index in [-0.39, 0.29) is 31.4 Å². The maximum absolute atomic E-state index is 12.8. The first-order chi connectivity index (χ1) is 15.4. The Balaban J connectivity index is 1.39. The summed E-state index contributed by atoms with van der Waals surface area (Å²) < 4.78 is 5.59. The second-order valence-electron chi connectivity index (χ2n) is 8.61. The van der Waals surface area contributed by atoms with Crippen LogP contribution in [0.3, 0.4) is 0 Å². The van der Waals surface area contributed by atoms with Crippen LogP contribution in [0, 0.1) is 5.92 Å². The van der Waals surface area contributed by atoms with Gasteiger partial charge in [-0.2, -0.15) is 0 Å². The topological polar surface area (TPSA) is 95.9 Å². The molecule has 1 atom stereocenters. The molecule has 2 N–H and O–H groups in total. The lowest BCUT2D eigenvalue weighted by Crippen LogP contribution is -2.48. The number of likely N-dealkylation sites (N-methyl/N-ethyl adjacent to an activating group) is 1. The number of amides is 2. The van der Waals surface area contributed by atoms with E-state index in [0.29, 0.717) is 12.3 Å². The molecule has 2 aromatic carbocycles. The second-order valence-corrected chi connectivity index (χ2v) is 8.61. The van der Waals surface area contributed by atoms with E-state index in [2.05, 4.69) is 29.6 Å². The quantitative estimate of drug-likeness (QED) is 0.626. The Morgan fingerprint density at radius 3 is 2.22 bits per heavy atom. The molecular weight excluding hydrogens is 408 g/mol. The highest BCUT2D eigenvalue weighted by molar-refractivity contribution is 5.86. The molecule has 2 aromatic rings. The van der Waals surface area contributed by atoms with Crippen LogP contribution < -0.4 is 5.32 Å². The molecule has 0 heterocycles. The average Bonchev–Trinajstić information content (AvgIpc) is 3.55. The molecule has 0 aliphatic heterocycles. The number of nitrogens with zero attached hydrogens (tertiary/aromatic N) is 1. The van der Waals surface area contributed by atoms with Crippen LogP contribution in [0.2, 0.25) is 0 Å². The summed E-state index contributed by atoms with van der Waals surface area (Å²) >= 11 is 0. The van der Waals surface area contributed by atoms with E-state index in [1.165, 1.54) is 4.90 Å². The van der Waals surface area contributed by atoms with Crippen molar-refractivity contribution in [1.82, 2.24) is 10.2 Å². The van der Waals surface area contributed by atoms with Crippen molar-refractivity contribution >= 4 is 18.0 Å². The van der Waals surface area contributed by atoms with Crippen LogP contribution >= 0.6 is 0 Å². The van der Waals surface area contributed by atoms with Crippen LogP contribution in [0.5, 0.6) is 0 Å². The summed E-state index contributed by atoms with van der Waals surface area (Å²) in [4.78, 5) is 37.6. The van der Waals surface area contributed by atoms with Gasteiger partial charge in [0.15, 0.2) is 0 Å². The molecule has 2 aliphatic rings. The van der Waals surface area contributed by atoms with Crippen LogP contribution in [0.15, 0.2) is 48.5 Å². The molecule has 168 valence electrons. The van der Waals surface area contributed by atoms with Crippen molar-refractivity contribution in [2.24, 2.45) is 5.92 Å². The lowest BCUT2D eigenvalue weighted by atomic mass is 9.98. The Morgan fingerprint density at radius 1 is 1.06 bits per heavy atom. The Morgan fingerprint density at radius 2 is 1.66 bits per heavy atom. The summed E-state index contributed by atoms with van der Waals surface area (Å²) in [6.45, 7) is 0.279. The van der Waals surface area contributed by atoms with Crippen LogP contribution in [-0.4, -0.2) is 54.2 Å². The highest BCUT2D eigenvalue weighted by Crippen LogP contribution is 2.44. The summed E-state index contributed by atoms with van der Waals surface area (Å²) in [7, 11) is 1.56. The van der Waals surface area contributed by atoms with Gasteiger partial charge in [0.1, 0.15) is 12.6 Å². The van der Waals surface area contributed by atoms with Gasteiger partial charge in [0.25, 0.3) is 0 Å². The summed E-state index contributed by atoms with van der Waals surface area (Å²) in [5, 5.41) is 11.6. The van der Waals surface area contributed by atoms with Gasteiger partial charge >= 0.3 is 12.1 Å². The predicted molar refractivity (Wildman–Crippen MR) is 119 cm³/mol. The van der Waals surface area contributed by atoms with Gasteiger partial charge in [-0.05, 0) is 34.6 Å². The van der Waals surface area contributed by atoms with Gasteiger partial charge in [-0.25, -0.2) is 4.79 Å². The number of hydrogen-bond acceptors (Lipinski definition) is 4. The summed E-state index contributed by atoms with van der Waals surface area (Å²) in [5.74, 6) is -0.894. The number of carbonyl (C=O) groups is 3. The minimum Gasteiger partial charge on any atom is -0.481 e. The van der Waals surface area contributed by atoms with Gasteiger partial charge in [-0.3, -0.25) is 9.59 Å². The van der Waals surface area contributed by atoms with Crippen LogP contribution in [0.1, 0.15) is 42.7 Å². The Hall–Kier alpha value is -3.35. The van der Waals surface area contributed by atoms with Crippen LogP contribution in [0.25, 0.3) is 11.1 Å². The third kappa shape index (κ3) is 4.93. The van der Waals surface area contributed by atoms with Crippen molar-refractivity contribution in [2.75, 3.05) is 20.2 Å². The first-order valence-corrected chi connectivity index (χ1v) is 11.0. The third-order valence-electron chi connectivity index (χ3n) is 6.24. The number of carboxylic acid groups (broad SMARTS) is 1. The maximum Gasteiger partial charge on any atom is 0.407 e. The van der Waals surface area contributed by atoms with E-state index in [1.807, 2.05) is 24.3 Å². The van der Waals surface area contributed by atoms with Crippen LogP contribution in [0.4, 0.5) is 4.79 Å². The van der Waals surface area contributed by atoms with Gasteiger partial charge < -0.3 is 20.1 Å². The van der Waals surface area contributed by atoms with Gasteiger partial charge in [-0.1, -0.05) is 61.4 Å². The molecule has 2 amide bonds. The zero-order chi connectivity index (χ0) is 22.7. The highest BCUT2D eigenvalue weighted by atomic mass is 16.5. The molecule has 0 bridgehead atoms. The average molecular weight is 437 g/mol. The largest absolute Gasteiger partial charge is 0.481 e. The lowest BCUT2D eigenvalue weighted by Gasteiger charge is -2.24. The Labute approximate surface area is 187 Å². The van der Waals surface area contributed by atoms with Crippen molar-refractivity contribution < 1.29 is 24.2 Å². The molecule has 0 radical (unpaired) electrons. The van der Waals surface area contributed by atoms with E-state index in [1.54, 1.807) is 7.05 Å². The predicted octanol–water partition coefficient (Wildman–Crippen LogP) is 3.63. The first kappa shape index (κ1) is 21.9. The number of fused-ring (bicyclic) bond motifs is 3. The molecule has 1 fully saturated rings. The van der Waals surface area contributed by atoms with Crippen molar-refractivity contribution in [3.8, 4) is 11.1 Å². The molecular formula is C25H28N2O5. The molecule has 7 heteroatoms. The number of nitrogens with one attached hydrogen (secondary N) is 1. The standard InChI is InChI=1S/C25H28N2O5/c1-27(13-12-23(28)29)24(30)22(14-16-10-11-16)26-25(31)32-15-21-19-8-4-2-6-17(19)18-7-3-5-9-20(18)21/h2-9,16,21-22H,10-15H2,1H3,(H,26,31)(H,28,29)/t22-/m0/s1. The van der Waals surface area contributed by atoms with Gasteiger partial charge in [0.05, 0.1) is 6.42 Å². The monoisotopic (exact) mass is 436 g/mol. The lowest BCUT2D eigenvalue weighted by molar-refractivity contribution is -0.138. The number of ether oxygens (including phenoxy) is 1. The molecule has 0 unspecified atom stereocenters. The van der Waals surface area contributed by atoms with E-state index < -0.39 is 18.1 Å². The summed E-state index contributed by atoms with van der Waals surface area (Å²) in [6.07, 6.45) is 1.85. The second kappa shape index (κ2) is 9.42. The fourth-order valence-electron chi connectivity index (χ4n) is 4.33. The van der Waals surface area contributed by atoms with E-state index in [9.17, 15) is 14.4 Å². The van der Waals surface area contributed by atoms with Crippen molar-refractivity contribution in [3.05, 3.63) is 59.7 Å². The molecule has 0 spiro atoms. The molecule has 2 aliphatic carbocycles. The van der Waals surface area contributed by atoms with Gasteiger partial charge in [-0.15, -0.1) is 0 Å². The minimum absolute atomic E-state index is 0.0519. The molecule has 0 saturated heterocycles. The number of carbonyl (C=O) groups excluding carboxylic acids is 2. The number of carboxylic acids is 1. The highest BCUT2D eigenvalue weighted by Gasteiger charge is 2.33. The fourth-order valence-corrected chi connectivity index (χ4v) is 4.33. The summed E-state index contributed by atoms with van der Waals surface area (Å²) in [5.41, 5.74) is 4.55. The minimum atomic E-state index is -0.965. The van der Waals surface area contributed by atoms with Crippen molar-refractivity contribution in [2.45, 2.75) is 37.6 Å². The maximum atomic E-state index is 12.8. The summed E-state index contributed by atoms with van der Waals surface area (Å²) in [6, 6.07) is 15.5. The van der Waals surface area contributed by atoms with Gasteiger partial charge in [0, 0.05) is 19.5 Å². The molecule has 0 aromatic heterocycles. The normalized spacial score (nSPS) is 15.4. The van der Waals surface area contributed by atoms with Gasteiger partial charge in [0.2, 0.25) is 5.91 Å². The third-order valence-corrected chi connectivity index (χ3v) is 6.24. The number of alkyl carbamates (subject to hydrolysis) is 1. The fraction of sp³-hybridized carbons (Fsp3) is 0.400. The zero-order valence-corrected chi connectivity index (χ0v) is 18.1. The smallest absolute Gasteiger partial charge is 0.407 e. The van der Waals surface area contributed by atoms with Crippen molar-refractivity contribution in [3.63, 3.8) is 0 Å². The number of hydrogen-bond donors (Lipinski definition) is 2. The molecule has 7 nitrogen and oxygen atoms in total. The van der Waals surface area contributed by atoms with E-state index in [0.717, 1.165) is 35.1 Å². The van der Waals surface area contributed by atoms with E-state index >= 15 is 0 Å². The van der Waals surface area contributed by atoms with Crippen LogP contribution in [-0.2, 0) is 14.3 Å². The molecule has 32 heavy (non-hydrogen) atoms. The Kier molecular flexibility index (Phi) is 6.44.